The Balaban J connectivity index is 1.92. The lowest BCUT2D eigenvalue weighted by Gasteiger charge is -2.24. The van der Waals surface area contributed by atoms with Crippen molar-refractivity contribution in [1.82, 2.24) is 0 Å². The minimum absolute atomic E-state index is 0.183. The summed E-state index contributed by atoms with van der Waals surface area (Å²) in [5.41, 5.74) is -0.481. The summed E-state index contributed by atoms with van der Waals surface area (Å²) in [6, 6.07) is 0. The Labute approximate surface area is 79.3 Å². The summed E-state index contributed by atoms with van der Waals surface area (Å²) in [5.74, 6) is 0.573. The molecule has 0 aromatic rings. The van der Waals surface area contributed by atoms with Crippen LogP contribution < -0.4 is 0 Å². The van der Waals surface area contributed by atoms with Crippen LogP contribution >= 0.6 is 0 Å². The van der Waals surface area contributed by atoms with E-state index in [0.717, 1.165) is 51.4 Å². The molecule has 0 radical (unpaired) electrons. The summed E-state index contributed by atoms with van der Waals surface area (Å²) >= 11 is 0. The van der Waals surface area contributed by atoms with Gasteiger partial charge in [0, 0.05) is 12.3 Å². The Bertz CT molecular complexity index is 204. The number of hydrogen-bond acceptors (Lipinski definition) is 2. The van der Waals surface area contributed by atoms with Crippen molar-refractivity contribution in [3.63, 3.8) is 0 Å². The zero-order valence-electron chi connectivity index (χ0n) is 8.09. The molecule has 0 aromatic heterocycles. The van der Waals surface area contributed by atoms with Gasteiger partial charge in [-0.2, -0.15) is 0 Å². The third-order valence-corrected chi connectivity index (χ3v) is 3.59. The van der Waals surface area contributed by atoms with Crippen molar-refractivity contribution < 1.29 is 9.90 Å². The largest absolute Gasteiger partial charge is 0.390 e. The molecule has 0 spiro atoms. The molecule has 2 fully saturated rings. The Morgan fingerprint density at radius 3 is 2.54 bits per heavy atom. The number of ketones is 1. The fourth-order valence-electron chi connectivity index (χ4n) is 2.80. The lowest BCUT2D eigenvalue weighted by Crippen LogP contribution is -2.29. The highest BCUT2D eigenvalue weighted by Crippen LogP contribution is 2.38. The highest BCUT2D eigenvalue weighted by molar-refractivity contribution is 5.82. The van der Waals surface area contributed by atoms with Crippen molar-refractivity contribution in [2.45, 2.75) is 57.0 Å². The first-order chi connectivity index (χ1) is 6.20. The van der Waals surface area contributed by atoms with Crippen LogP contribution in [0.3, 0.4) is 0 Å². The van der Waals surface area contributed by atoms with E-state index < -0.39 is 5.60 Å². The van der Waals surface area contributed by atoms with Gasteiger partial charge in [-0.05, 0) is 32.1 Å². The molecule has 0 heterocycles. The smallest absolute Gasteiger partial charge is 0.136 e. The summed E-state index contributed by atoms with van der Waals surface area (Å²) in [7, 11) is 0. The molecule has 0 bridgehead atoms. The third-order valence-electron chi connectivity index (χ3n) is 3.59. The standard InChI is InChI=1S/C11H18O2/c12-10-5-3-4-9(10)8-11(13)6-1-2-7-11/h9,13H,1-8H2. The summed E-state index contributed by atoms with van der Waals surface area (Å²) in [5, 5.41) is 10.1. The quantitative estimate of drug-likeness (QED) is 0.709. The van der Waals surface area contributed by atoms with Gasteiger partial charge in [-0.15, -0.1) is 0 Å². The van der Waals surface area contributed by atoms with Crippen molar-refractivity contribution in [1.29, 1.82) is 0 Å². The van der Waals surface area contributed by atoms with Crippen LogP contribution in [0.5, 0.6) is 0 Å². The molecule has 1 atom stereocenters. The maximum Gasteiger partial charge on any atom is 0.136 e. The number of Topliss-reactive ketones (excluding diaryl/α,β-unsaturated/α-hetero) is 1. The molecule has 2 saturated carbocycles. The molecule has 0 saturated heterocycles. The van der Waals surface area contributed by atoms with E-state index in [2.05, 4.69) is 0 Å². The molecule has 2 aliphatic carbocycles. The van der Waals surface area contributed by atoms with Crippen LogP contribution in [0.1, 0.15) is 51.4 Å². The predicted octanol–water partition coefficient (Wildman–Crippen LogP) is 2.05. The van der Waals surface area contributed by atoms with Gasteiger partial charge in [-0.25, -0.2) is 0 Å². The molecule has 2 nitrogen and oxygen atoms in total. The lowest BCUT2D eigenvalue weighted by molar-refractivity contribution is -0.122. The maximum atomic E-state index is 11.4. The normalized spacial score (nSPS) is 32.7. The molecular weight excluding hydrogens is 164 g/mol. The zero-order chi connectivity index (χ0) is 9.31. The average Bonchev–Trinajstić information content (AvgIpc) is 2.64. The molecular formula is C11H18O2. The second-order valence-electron chi connectivity index (χ2n) is 4.69. The summed E-state index contributed by atoms with van der Waals surface area (Å²) in [4.78, 5) is 11.4. The van der Waals surface area contributed by atoms with E-state index in [1.165, 1.54) is 0 Å². The first kappa shape index (κ1) is 9.20. The maximum absolute atomic E-state index is 11.4. The molecule has 13 heavy (non-hydrogen) atoms. The van der Waals surface area contributed by atoms with E-state index in [1.807, 2.05) is 0 Å². The van der Waals surface area contributed by atoms with E-state index in [4.69, 9.17) is 0 Å². The number of hydrogen-bond donors (Lipinski definition) is 1. The van der Waals surface area contributed by atoms with Crippen molar-refractivity contribution in [3.05, 3.63) is 0 Å². The minimum atomic E-state index is -0.481. The zero-order valence-corrected chi connectivity index (χ0v) is 8.09. The van der Waals surface area contributed by atoms with Gasteiger partial charge in [0.25, 0.3) is 0 Å². The molecule has 0 aliphatic heterocycles. The van der Waals surface area contributed by atoms with Gasteiger partial charge in [0.1, 0.15) is 5.78 Å². The molecule has 2 aliphatic rings. The van der Waals surface area contributed by atoms with E-state index in [9.17, 15) is 9.90 Å². The van der Waals surface area contributed by atoms with Gasteiger partial charge in [0.05, 0.1) is 5.60 Å². The van der Waals surface area contributed by atoms with Gasteiger partial charge >= 0.3 is 0 Å². The lowest BCUT2D eigenvalue weighted by atomic mass is 9.88. The van der Waals surface area contributed by atoms with Crippen molar-refractivity contribution in [2.75, 3.05) is 0 Å². The Morgan fingerprint density at radius 1 is 1.31 bits per heavy atom. The average molecular weight is 182 g/mol. The number of carbonyl (C=O) groups is 1. The predicted molar refractivity (Wildman–Crippen MR) is 50.4 cm³/mol. The Kier molecular flexibility index (Phi) is 2.41. The monoisotopic (exact) mass is 182 g/mol. The molecule has 1 unspecified atom stereocenters. The molecule has 0 amide bonds. The highest BCUT2D eigenvalue weighted by atomic mass is 16.3. The topological polar surface area (TPSA) is 37.3 Å². The van der Waals surface area contributed by atoms with Crippen LogP contribution in [0, 0.1) is 5.92 Å². The van der Waals surface area contributed by atoms with Crippen LogP contribution in [0.15, 0.2) is 0 Å². The SMILES string of the molecule is O=C1CCCC1CC1(O)CCCC1. The second-order valence-corrected chi connectivity index (χ2v) is 4.69. The second kappa shape index (κ2) is 3.41. The summed E-state index contributed by atoms with van der Waals surface area (Å²) in [6.07, 6.45) is 7.65. The Morgan fingerprint density at radius 2 is 2.00 bits per heavy atom. The van der Waals surface area contributed by atoms with Crippen molar-refractivity contribution in [2.24, 2.45) is 5.92 Å². The van der Waals surface area contributed by atoms with Crippen LogP contribution in [0.25, 0.3) is 0 Å². The first-order valence-corrected chi connectivity index (χ1v) is 5.45. The van der Waals surface area contributed by atoms with Gasteiger partial charge in [0.2, 0.25) is 0 Å². The van der Waals surface area contributed by atoms with Crippen LogP contribution in [-0.2, 0) is 4.79 Å². The van der Waals surface area contributed by atoms with Gasteiger partial charge in [-0.3, -0.25) is 4.79 Å². The van der Waals surface area contributed by atoms with E-state index >= 15 is 0 Å². The van der Waals surface area contributed by atoms with Gasteiger partial charge < -0.3 is 5.11 Å². The van der Waals surface area contributed by atoms with E-state index in [-0.39, 0.29) is 5.92 Å². The fraction of sp³-hybridized carbons (Fsp3) is 0.909. The van der Waals surface area contributed by atoms with Gasteiger partial charge in [0.15, 0.2) is 0 Å². The highest BCUT2D eigenvalue weighted by Gasteiger charge is 2.37. The third kappa shape index (κ3) is 1.93. The molecule has 74 valence electrons. The van der Waals surface area contributed by atoms with Crippen LogP contribution in [0.4, 0.5) is 0 Å². The minimum Gasteiger partial charge on any atom is -0.390 e. The van der Waals surface area contributed by atoms with E-state index in [1.54, 1.807) is 0 Å². The number of carbonyl (C=O) groups excluding carboxylic acids is 1. The molecule has 1 N–H and O–H groups in total. The fourth-order valence-corrected chi connectivity index (χ4v) is 2.80. The van der Waals surface area contributed by atoms with Gasteiger partial charge in [-0.1, -0.05) is 12.8 Å². The Hall–Kier alpha value is -0.370. The first-order valence-electron chi connectivity index (χ1n) is 5.45. The molecule has 2 rings (SSSR count). The van der Waals surface area contributed by atoms with Crippen molar-refractivity contribution in [3.8, 4) is 0 Å². The molecule has 0 aromatic carbocycles. The number of rotatable bonds is 2. The van der Waals surface area contributed by atoms with E-state index in [0.29, 0.717) is 5.78 Å². The number of aliphatic hydroxyl groups is 1. The molecule has 2 heteroatoms. The summed E-state index contributed by atoms with van der Waals surface area (Å²) in [6.45, 7) is 0. The summed E-state index contributed by atoms with van der Waals surface area (Å²) < 4.78 is 0. The van der Waals surface area contributed by atoms with Crippen molar-refractivity contribution >= 4 is 5.78 Å². The van der Waals surface area contributed by atoms with Crippen LogP contribution in [-0.4, -0.2) is 16.5 Å². The van der Waals surface area contributed by atoms with Crippen LogP contribution in [0.2, 0.25) is 0 Å².